The fourth-order valence-electron chi connectivity index (χ4n) is 4.36. The molecule has 1 aromatic carbocycles. The van der Waals surface area contributed by atoms with Gasteiger partial charge < -0.3 is 15.5 Å². The molecule has 2 fully saturated rings. The van der Waals surface area contributed by atoms with Crippen LogP contribution in [-0.2, 0) is 13.1 Å². The molecule has 9 heteroatoms. The summed E-state index contributed by atoms with van der Waals surface area (Å²) in [7, 11) is 0. The highest BCUT2D eigenvalue weighted by Crippen LogP contribution is 2.41. The van der Waals surface area contributed by atoms with Gasteiger partial charge in [-0.2, -0.15) is 4.98 Å². The van der Waals surface area contributed by atoms with Crippen LogP contribution in [-0.4, -0.2) is 38.9 Å². The van der Waals surface area contributed by atoms with E-state index >= 15 is 0 Å². The van der Waals surface area contributed by atoms with Crippen LogP contribution in [0.1, 0.15) is 40.2 Å². The first kappa shape index (κ1) is 21.6. The maximum absolute atomic E-state index is 13.0. The lowest BCUT2D eigenvalue weighted by molar-refractivity contribution is 0.0950. The number of carbonyl (C=O) groups excluding carboxylic acids is 1. The molecule has 2 N–H and O–H groups in total. The van der Waals surface area contributed by atoms with E-state index in [1.807, 2.05) is 25.1 Å². The van der Waals surface area contributed by atoms with Gasteiger partial charge in [0.25, 0.3) is 5.91 Å². The van der Waals surface area contributed by atoms with Crippen LogP contribution in [0.15, 0.2) is 42.9 Å². The monoisotopic (exact) mass is 463 g/mol. The van der Waals surface area contributed by atoms with Crippen molar-refractivity contribution in [3.05, 3.63) is 70.4 Å². The van der Waals surface area contributed by atoms with Crippen LogP contribution in [0.3, 0.4) is 0 Å². The number of nitrogens with zero attached hydrogens (tertiary/aromatic N) is 5. The fraction of sp³-hybridized carbons (Fsp3) is 0.375. The highest BCUT2D eigenvalue weighted by Gasteiger charge is 2.40. The molecule has 1 saturated heterocycles. The Morgan fingerprint density at radius 3 is 2.58 bits per heavy atom. The summed E-state index contributed by atoms with van der Waals surface area (Å²) >= 11 is 6.29. The van der Waals surface area contributed by atoms with E-state index in [9.17, 15) is 4.79 Å². The number of hydrogen-bond donors (Lipinski definition) is 2. The Morgan fingerprint density at radius 2 is 1.88 bits per heavy atom. The fourth-order valence-corrected chi connectivity index (χ4v) is 4.56. The summed E-state index contributed by atoms with van der Waals surface area (Å²) in [6.45, 7) is 4.65. The maximum atomic E-state index is 13.0. The van der Waals surface area contributed by atoms with Crippen LogP contribution >= 0.6 is 11.6 Å². The van der Waals surface area contributed by atoms with Gasteiger partial charge in [0.2, 0.25) is 5.95 Å². The Morgan fingerprint density at radius 1 is 1.12 bits per heavy atom. The van der Waals surface area contributed by atoms with E-state index in [0.717, 1.165) is 36.1 Å². The van der Waals surface area contributed by atoms with Crippen LogP contribution in [0.2, 0.25) is 5.02 Å². The van der Waals surface area contributed by atoms with Crippen LogP contribution < -0.4 is 15.5 Å². The van der Waals surface area contributed by atoms with E-state index in [1.54, 1.807) is 24.7 Å². The van der Waals surface area contributed by atoms with Crippen LogP contribution in [0.25, 0.3) is 0 Å². The van der Waals surface area contributed by atoms with Crippen molar-refractivity contribution >= 4 is 29.3 Å². The van der Waals surface area contributed by atoms with Gasteiger partial charge in [-0.25, -0.2) is 15.0 Å². The molecule has 2 atom stereocenters. The summed E-state index contributed by atoms with van der Waals surface area (Å²) in [6, 6.07) is 7.66. The molecule has 0 spiro atoms. The number of carbonyl (C=O) groups is 1. The van der Waals surface area contributed by atoms with Crippen molar-refractivity contribution in [1.82, 2.24) is 25.3 Å². The molecule has 0 bridgehead atoms. The van der Waals surface area contributed by atoms with Gasteiger partial charge in [-0.15, -0.1) is 0 Å². The minimum Gasteiger partial charge on any atom is -0.365 e. The lowest BCUT2D eigenvalue weighted by Crippen LogP contribution is -2.27. The third-order valence-corrected chi connectivity index (χ3v) is 6.92. The minimum atomic E-state index is -0.278. The van der Waals surface area contributed by atoms with Crippen molar-refractivity contribution in [2.24, 2.45) is 11.8 Å². The second kappa shape index (κ2) is 9.31. The Kier molecular flexibility index (Phi) is 6.09. The summed E-state index contributed by atoms with van der Waals surface area (Å²) in [5, 5.41) is 6.91. The van der Waals surface area contributed by atoms with E-state index in [1.165, 1.54) is 12.8 Å². The molecule has 2 aromatic heterocycles. The van der Waals surface area contributed by atoms with E-state index in [4.69, 9.17) is 16.6 Å². The molecule has 170 valence electrons. The number of aryl methyl sites for hydroxylation is 1. The van der Waals surface area contributed by atoms with Crippen LogP contribution in [0.5, 0.6) is 0 Å². The molecule has 2 aliphatic rings. The van der Waals surface area contributed by atoms with Crippen molar-refractivity contribution in [2.75, 3.05) is 23.3 Å². The van der Waals surface area contributed by atoms with Crippen molar-refractivity contribution in [1.29, 1.82) is 0 Å². The van der Waals surface area contributed by atoms with Gasteiger partial charge in [-0.1, -0.05) is 23.7 Å². The number of anilines is 2. The van der Waals surface area contributed by atoms with Crippen molar-refractivity contribution in [3.63, 3.8) is 0 Å². The molecule has 0 radical (unpaired) electrons. The molecule has 1 amide bonds. The number of benzene rings is 1. The molecule has 33 heavy (non-hydrogen) atoms. The average molecular weight is 464 g/mol. The third-order valence-electron chi connectivity index (χ3n) is 6.51. The Balaban J connectivity index is 1.36. The van der Waals surface area contributed by atoms with Gasteiger partial charge in [0, 0.05) is 43.2 Å². The SMILES string of the molecule is Cc1ccc(CNc2nc(N3CC4CCC4C3)ncc2C(=O)NCc2ncccn2)cc1Cl. The van der Waals surface area contributed by atoms with Crippen LogP contribution in [0, 0.1) is 18.8 Å². The van der Waals surface area contributed by atoms with Gasteiger partial charge >= 0.3 is 0 Å². The first-order valence-electron chi connectivity index (χ1n) is 11.2. The maximum Gasteiger partial charge on any atom is 0.256 e. The molecule has 1 saturated carbocycles. The molecule has 3 heterocycles. The highest BCUT2D eigenvalue weighted by molar-refractivity contribution is 6.31. The first-order chi connectivity index (χ1) is 16.1. The smallest absolute Gasteiger partial charge is 0.256 e. The average Bonchev–Trinajstić information content (AvgIpc) is 3.12. The molecule has 2 unspecified atom stereocenters. The topological polar surface area (TPSA) is 95.9 Å². The van der Waals surface area contributed by atoms with Crippen molar-refractivity contribution in [3.8, 4) is 0 Å². The summed E-state index contributed by atoms with van der Waals surface area (Å²) < 4.78 is 0. The first-order valence-corrected chi connectivity index (χ1v) is 11.6. The Labute approximate surface area is 197 Å². The summed E-state index contributed by atoms with van der Waals surface area (Å²) in [6.07, 6.45) is 7.46. The number of rotatable bonds is 7. The second-order valence-corrected chi connectivity index (χ2v) is 9.13. The molecular formula is C24H26ClN7O. The number of fused-ring (bicyclic) bond motifs is 1. The summed E-state index contributed by atoms with van der Waals surface area (Å²) in [5.41, 5.74) is 2.42. The summed E-state index contributed by atoms with van der Waals surface area (Å²) in [4.78, 5) is 32.8. The molecule has 1 aliphatic heterocycles. The van der Waals surface area contributed by atoms with Crippen molar-refractivity contribution in [2.45, 2.75) is 32.9 Å². The van der Waals surface area contributed by atoms with Gasteiger partial charge in [-0.3, -0.25) is 4.79 Å². The predicted octanol–water partition coefficient (Wildman–Crippen LogP) is 3.62. The van der Waals surface area contributed by atoms with E-state index in [2.05, 4.69) is 30.5 Å². The largest absolute Gasteiger partial charge is 0.365 e. The number of nitrogens with one attached hydrogen (secondary N) is 2. The second-order valence-electron chi connectivity index (χ2n) is 8.72. The molecule has 3 aromatic rings. The standard InChI is InChI=1S/C24H26ClN7O/c1-15-3-4-16(9-20(15)25)10-28-22-19(23(33)29-12-21-26-7-2-8-27-21)11-30-24(31-22)32-13-17-5-6-18(17)14-32/h2-4,7-9,11,17-18H,5-6,10,12-14H2,1H3,(H,29,33)(H,28,30,31). The zero-order valence-corrected chi connectivity index (χ0v) is 19.2. The quantitative estimate of drug-likeness (QED) is 0.552. The zero-order chi connectivity index (χ0) is 22.8. The lowest BCUT2D eigenvalue weighted by Gasteiger charge is -2.27. The third kappa shape index (κ3) is 4.75. The predicted molar refractivity (Wildman–Crippen MR) is 127 cm³/mol. The Hall–Kier alpha value is -3.26. The number of halogens is 1. The van der Waals surface area contributed by atoms with E-state index in [0.29, 0.717) is 34.7 Å². The molecule has 1 aliphatic carbocycles. The summed E-state index contributed by atoms with van der Waals surface area (Å²) in [5.74, 6) is 2.92. The van der Waals surface area contributed by atoms with Crippen LogP contribution in [0.4, 0.5) is 11.8 Å². The highest BCUT2D eigenvalue weighted by atomic mass is 35.5. The van der Waals surface area contributed by atoms with E-state index in [-0.39, 0.29) is 12.5 Å². The lowest BCUT2D eigenvalue weighted by atomic mass is 9.77. The molecular weight excluding hydrogens is 438 g/mol. The van der Waals surface area contributed by atoms with Gasteiger partial charge in [0.15, 0.2) is 0 Å². The Bertz CT molecular complexity index is 1140. The molecule has 5 rings (SSSR count). The van der Waals surface area contributed by atoms with Crippen molar-refractivity contribution < 1.29 is 4.79 Å². The van der Waals surface area contributed by atoms with Gasteiger partial charge in [-0.05, 0) is 54.9 Å². The zero-order valence-electron chi connectivity index (χ0n) is 18.5. The van der Waals surface area contributed by atoms with Gasteiger partial charge in [0.05, 0.1) is 6.54 Å². The minimum absolute atomic E-state index is 0.226. The normalized spacial score (nSPS) is 19.0. The number of aromatic nitrogens is 4. The van der Waals surface area contributed by atoms with E-state index < -0.39 is 0 Å². The number of hydrogen-bond acceptors (Lipinski definition) is 7. The van der Waals surface area contributed by atoms with Gasteiger partial charge in [0.1, 0.15) is 17.2 Å². The number of amides is 1. The molecule has 8 nitrogen and oxygen atoms in total.